The summed E-state index contributed by atoms with van der Waals surface area (Å²) in [5.74, 6) is -1.21. The molecule has 0 spiro atoms. The van der Waals surface area contributed by atoms with Gasteiger partial charge in [-0.15, -0.1) is 0 Å². The predicted octanol–water partition coefficient (Wildman–Crippen LogP) is 2.46. The lowest BCUT2D eigenvalue weighted by molar-refractivity contribution is -0.392. The molecule has 0 bridgehead atoms. The Balaban J connectivity index is 3.82. The lowest BCUT2D eigenvalue weighted by atomic mass is 10.2. The van der Waals surface area contributed by atoms with E-state index in [0.717, 1.165) is 6.20 Å². The van der Waals surface area contributed by atoms with E-state index in [1.807, 2.05) is 0 Å². The van der Waals surface area contributed by atoms with Gasteiger partial charge in [-0.1, -0.05) is 0 Å². The first-order chi connectivity index (χ1) is 7.66. The molecule has 0 fully saturated rings. The molecule has 0 N–H and O–H groups in total. The monoisotopic (exact) mass is 398 g/mol. The molecule has 0 saturated heterocycles. The van der Waals surface area contributed by atoms with Gasteiger partial charge in [0, 0.05) is 10.7 Å². The van der Waals surface area contributed by atoms with Gasteiger partial charge in [0.25, 0.3) is 15.5 Å². The number of nitro groups is 1. The lowest BCUT2D eigenvalue weighted by Crippen LogP contribution is -2.08. The Labute approximate surface area is 112 Å². The summed E-state index contributed by atoms with van der Waals surface area (Å²) in [6.45, 7) is 0. The zero-order valence-corrected chi connectivity index (χ0v) is 11.3. The van der Waals surface area contributed by atoms with E-state index in [9.17, 15) is 27.3 Å². The van der Waals surface area contributed by atoms with E-state index in [1.54, 1.807) is 0 Å². The summed E-state index contributed by atoms with van der Waals surface area (Å²) in [7, 11) is 0.227. The van der Waals surface area contributed by atoms with Gasteiger partial charge in [-0.3, -0.25) is 0 Å². The number of hydrogen-bond acceptors (Lipinski definition) is 5. The summed E-state index contributed by atoms with van der Waals surface area (Å²) in [5, 5.41) is 10.5. The standard InChI is InChI=1S/C6H2ClF2IN2O4S/c7-17(15,16)4-3(5(8)9)2(10)1-11-6(4)12(13)14/h1,5H. The normalized spacial score (nSPS) is 11.8. The zero-order valence-electron chi connectivity index (χ0n) is 7.60. The highest BCUT2D eigenvalue weighted by atomic mass is 127. The third-order valence-electron chi connectivity index (χ3n) is 1.64. The molecule has 0 aliphatic carbocycles. The zero-order chi connectivity index (χ0) is 13.4. The fourth-order valence-electron chi connectivity index (χ4n) is 1.05. The second-order valence-corrected chi connectivity index (χ2v) is 6.33. The second kappa shape index (κ2) is 4.94. The largest absolute Gasteiger partial charge is 0.384 e. The van der Waals surface area contributed by atoms with Crippen molar-refractivity contribution in [2.45, 2.75) is 11.3 Å². The van der Waals surface area contributed by atoms with E-state index in [4.69, 9.17) is 10.7 Å². The maximum atomic E-state index is 12.7. The molecule has 0 saturated carbocycles. The molecule has 1 heterocycles. The molecule has 0 aliphatic rings. The van der Waals surface area contributed by atoms with Crippen LogP contribution in [-0.4, -0.2) is 18.3 Å². The average molecular weight is 399 g/mol. The molecule has 0 aliphatic heterocycles. The van der Waals surface area contributed by atoms with Crippen molar-refractivity contribution in [2.24, 2.45) is 0 Å². The van der Waals surface area contributed by atoms with E-state index in [0.29, 0.717) is 0 Å². The SMILES string of the molecule is O=[N+]([O-])c1ncc(I)c(C(F)F)c1S(=O)(=O)Cl. The first-order valence-electron chi connectivity index (χ1n) is 3.72. The van der Waals surface area contributed by atoms with E-state index in [2.05, 4.69) is 4.98 Å². The van der Waals surface area contributed by atoms with Crippen LogP contribution in [0.3, 0.4) is 0 Å². The molecule has 0 aromatic carbocycles. The van der Waals surface area contributed by atoms with Crippen molar-refractivity contribution in [1.29, 1.82) is 0 Å². The number of hydrogen-bond donors (Lipinski definition) is 0. The Morgan fingerprint density at radius 1 is 1.53 bits per heavy atom. The molecule has 17 heavy (non-hydrogen) atoms. The summed E-state index contributed by atoms with van der Waals surface area (Å²) in [6, 6.07) is 0. The van der Waals surface area contributed by atoms with Crippen LogP contribution in [0.4, 0.5) is 14.6 Å². The van der Waals surface area contributed by atoms with Crippen LogP contribution in [0, 0.1) is 13.7 Å². The number of pyridine rings is 1. The van der Waals surface area contributed by atoms with Crippen molar-refractivity contribution in [3.8, 4) is 0 Å². The van der Waals surface area contributed by atoms with Gasteiger partial charge in [0.1, 0.15) is 0 Å². The number of aromatic nitrogens is 1. The van der Waals surface area contributed by atoms with Crippen LogP contribution in [0.25, 0.3) is 0 Å². The van der Waals surface area contributed by atoms with Crippen LogP contribution >= 0.6 is 33.3 Å². The maximum Gasteiger partial charge on any atom is 0.384 e. The molecule has 1 aromatic rings. The number of alkyl halides is 2. The molecule has 6 nitrogen and oxygen atoms in total. The van der Waals surface area contributed by atoms with Crippen LogP contribution in [0.1, 0.15) is 12.0 Å². The van der Waals surface area contributed by atoms with Crippen LogP contribution < -0.4 is 0 Å². The summed E-state index contributed by atoms with van der Waals surface area (Å²) < 4.78 is 47.4. The Hall–Kier alpha value is -0.620. The van der Waals surface area contributed by atoms with Gasteiger partial charge in [0.15, 0.2) is 11.1 Å². The van der Waals surface area contributed by atoms with Gasteiger partial charge in [0.05, 0.1) is 9.13 Å². The van der Waals surface area contributed by atoms with Crippen LogP contribution in [0.2, 0.25) is 0 Å². The molecule has 0 unspecified atom stereocenters. The van der Waals surface area contributed by atoms with Crippen LogP contribution in [-0.2, 0) is 9.05 Å². The highest BCUT2D eigenvalue weighted by Gasteiger charge is 2.35. The number of rotatable bonds is 3. The van der Waals surface area contributed by atoms with Crippen molar-refractivity contribution >= 4 is 48.1 Å². The van der Waals surface area contributed by atoms with Crippen molar-refractivity contribution < 1.29 is 22.1 Å². The van der Waals surface area contributed by atoms with E-state index in [-0.39, 0.29) is 3.57 Å². The predicted molar refractivity (Wildman–Crippen MR) is 61.6 cm³/mol. The van der Waals surface area contributed by atoms with Gasteiger partial charge in [-0.05, 0) is 32.5 Å². The van der Waals surface area contributed by atoms with Gasteiger partial charge in [-0.25, -0.2) is 17.2 Å². The molecule has 0 amide bonds. The van der Waals surface area contributed by atoms with Crippen LogP contribution in [0.15, 0.2) is 11.1 Å². The maximum absolute atomic E-state index is 12.7. The van der Waals surface area contributed by atoms with Crippen molar-refractivity contribution in [1.82, 2.24) is 4.98 Å². The van der Waals surface area contributed by atoms with Crippen molar-refractivity contribution in [3.05, 3.63) is 25.4 Å². The smallest absolute Gasteiger partial charge is 0.358 e. The van der Waals surface area contributed by atoms with E-state index in [1.165, 1.54) is 22.6 Å². The molecular formula is C6H2ClF2IN2O4S. The fraction of sp³-hybridized carbons (Fsp3) is 0.167. The number of nitrogens with zero attached hydrogens (tertiary/aromatic N) is 2. The van der Waals surface area contributed by atoms with Crippen molar-refractivity contribution in [3.63, 3.8) is 0 Å². The lowest BCUT2D eigenvalue weighted by Gasteiger charge is -2.07. The Morgan fingerprint density at radius 3 is 2.41 bits per heavy atom. The molecular weight excluding hydrogens is 396 g/mol. The second-order valence-electron chi connectivity index (χ2n) is 2.67. The summed E-state index contributed by atoms with van der Waals surface area (Å²) in [5.41, 5.74) is -1.01. The molecule has 1 aromatic heterocycles. The molecule has 0 atom stereocenters. The fourth-order valence-corrected chi connectivity index (χ4v) is 3.14. The van der Waals surface area contributed by atoms with Gasteiger partial charge < -0.3 is 10.1 Å². The topological polar surface area (TPSA) is 90.2 Å². The Bertz CT molecular complexity index is 580. The van der Waals surface area contributed by atoms with E-state index >= 15 is 0 Å². The van der Waals surface area contributed by atoms with Crippen molar-refractivity contribution in [2.75, 3.05) is 0 Å². The minimum Gasteiger partial charge on any atom is -0.358 e. The molecule has 0 radical (unpaired) electrons. The highest BCUT2D eigenvalue weighted by molar-refractivity contribution is 14.1. The summed E-state index contributed by atoms with van der Waals surface area (Å²) in [6.07, 6.45) is -2.43. The minimum absolute atomic E-state index is 0.220. The average Bonchev–Trinajstić information content (AvgIpc) is 2.14. The minimum atomic E-state index is -4.69. The molecule has 94 valence electrons. The number of halogens is 4. The van der Waals surface area contributed by atoms with Gasteiger partial charge in [0.2, 0.25) is 0 Å². The Kier molecular flexibility index (Phi) is 4.19. The third-order valence-corrected chi connectivity index (χ3v) is 3.85. The van der Waals surface area contributed by atoms with Gasteiger partial charge in [-0.2, -0.15) is 0 Å². The third kappa shape index (κ3) is 2.98. The van der Waals surface area contributed by atoms with Crippen LogP contribution in [0.5, 0.6) is 0 Å². The summed E-state index contributed by atoms with van der Waals surface area (Å²) >= 11 is 1.39. The van der Waals surface area contributed by atoms with E-state index < -0.39 is 36.7 Å². The first-order valence-corrected chi connectivity index (χ1v) is 7.10. The Morgan fingerprint density at radius 2 is 2.06 bits per heavy atom. The quantitative estimate of drug-likeness (QED) is 0.338. The van der Waals surface area contributed by atoms with Gasteiger partial charge >= 0.3 is 5.82 Å². The summed E-state index contributed by atoms with van der Waals surface area (Å²) in [4.78, 5) is 11.3. The molecule has 11 heteroatoms. The highest BCUT2D eigenvalue weighted by Crippen LogP contribution is 2.36. The molecule has 1 rings (SSSR count). The first kappa shape index (κ1) is 14.4.